The van der Waals surface area contributed by atoms with Crippen molar-refractivity contribution in [1.82, 2.24) is 4.98 Å². The first-order valence-electron chi connectivity index (χ1n) is 5.04. The van der Waals surface area contributed by atoms with Gasteiger partial charge in [-0.05, 0) is 30.2 Å². The molecule has 0 unspecified atom stereocenters. The van der Waals surface area contributed by atoms with Gasteiger partial charge in [0.25, 0.3) is 0 Å². The SMILES string of the molecule is Cc1ccc(OCc2ccc(Cl)cc2)nc1. The van der Waals surface area contributed by atoms with Gasteiger partial charge in [-0.25, -0.2) is 4.98 Å². The highest BCUT2D eigenvalue weighted by Crippen LogP contribution is 2.12. The lowest BCUT2D eigenvalue weighted by Crippen LogP contribution is -1.96. The Kier molecular flexibility index (Phi) is 3.42. The minimum absolute atomic E-state index is 0.507. The Morgan fingerprint density at radius 3 is 2.50 bits per heavy atom. The van der Waals surface area contributed by atoms with Crippen LogP contribution in [0.15, 0.2) is 42.6 Å². The van der Waals surface area contributed by atoms with Gasteiger partial charge in [-0.15, -0.1) is 0 Å². The molecule has 0 bridgehead atoms. The molecule has 0 saturated heterocycles. The first-order chi connectivity index (χ1) is 7.74. The van der Waals surface area contributed by atoms with Crippen molar-refractivity contribution in [3.05, 3.63) is 58.7 Å². The number of hydrogen-bond donors (Lipinski definition) is 0. The van der Waals surface area contributed by atoms with Gasteiger partial charge in [0.15, 0.2) is 0 Å². The van der Waals surface area contributed by atoms with Crippen molar-refractivity contribution < 1.29 is 4.74 Å². The molecule has 2 nitrogen and oxygen atoms in total. The fourth-order valence-electron chi connectivity index (χ4n) is 1.28. The normalized spacial score (nSPS) is 10.1. The largest absolute Gasteiger partial charge is 0.473 e. The molecule has 0 atom stereocenters. The maximum absolute atomic E-state index is 5.79. The molecule has 0 spiro atoms. The summed E-state index contributed by atoms with van der Waals surface area (Å²) in [4.78, 5) is 4.16. The number of aromatic nitrogens is 1. The van der Waals surface area contributed by atoms with Crippen molar-refractivity contribution in [2.45, 2.75) is 13.5 Å². The lowest BCUT2D eigenvalue weighted by atomic mass is 10.2. The van der Waals surface area contributed by atoms with Crippen molar-refractivity contribution in [2.75, 3.05) is 0 Å². The fourth-order valence-corrected chi connectivity index (χ4v) is 1.40. The standard InChI is InChI=1S/C13H12ClNO/c1-10-2-7-13(15-8-10)16-9-11-3-5-12(14)6-4-11/h2-8H,9H2,1H3. The molecular weight excluding hydrogens is 222 g/mol. The van der Waals surface area contributed by atoms with Crippen LogP contribution in [-0.2, 0) is 6.61 Å². The first kappa shape index (κ1) is 11.0. The van der Waals surface area contributed by atoms with Crippen molar-refractivity contribution in [2.24, 2.45) is 0 Å². The quantitative estimate of drug-likeness (QED) is 0.808. The van der Waals surface area contributed by atoms with E-state index in [2.05, 4.69) is 4.98 Å². The molecule has 1 aromatic carbocycles. The van der Waals surface area contributed by atoms with E-state index in [1.54, 1.807) is 6.20 Å². The van der Waals surface area contributed by atoms with Crippen LogP contribution >= 0.6 is 11.6 Å². The van der Waals surface area contributed by atoms with Gasteiger partial charge in [0.2, 0.25) is 5.88 Å². The number of hydrogen-bond acceptors (Lipinski definition) is 2. The second kappa shape index (κ2) is 4.99. The molecule has 0 aliphatic rings. The summed E-state index contributed by atoms with van der Waals surface area (Å²) in [5, 5.41) is 0.734. The van der Waals surface area contributed by atoms with Crippen LogP contribution in [0.2, 0.25) is 5.02 Å². The predicted octanol–water partition coefficient (Wildman–Crippen LogP) is 3.62. The Labute approximate surface area is 99.9 Å². The predicted molar refractivity (Wildman–Crippen MR) is 64.8 cm³/mol. The van der Waals surface area contributed by atoms with Gasteiger partial charge in [-0.2, -0.15) is 0 Å². The summed E-state index contributed by atoms with van der Waals surface area (Å²) in [6.45, 7) is 2.50. The molecule has 1 aromatic heterocycles. The maximum Gasteiger partial charge on any atom is 0.213 e. The molecule has 0 aliphatic carbocycles. The van der Waals surface area contributed by atoms with Crippen molar-refractivity contribution in [3.63, 3.8) is 0 Å². The maximum atomic E-state index is 5.79. The number of benzene rings is 1. The van der Waals surface area contributed by atoms with Crippen LogP contribution in [0.3, 0.4) is 0 Å². The zero-order chi connectivity index (χ0) is 11.4. The summed E-state index contributed by atoms with van der Waals surface area (Å²) >= 11 is 5.79. The molecule has 16 heavy (non-hydrogen) atoms. The monoisotopic (exact) mass is 233 g/mol. The van der Waals surface area contributed by atoms with Crippen LogP contribution in [0, 0.1) is 6.92 Å². The van der Waals surface area contributed by atoms with Gasteiger partial charge >= 0.3 is 0 Å². The molecule has 0 amide bonds. The zero-order valence-corrected chi connectivity index (χ0v) is 9.74. The van der Waals surface area contributed by atoms with E-state index in [0.717, 1.165) is 16.1 Å². The molecular formula is C13H12ClNO. The topological polar surface area (TPSA) is 22.1 Å². The average molecular weight is 234 g/mol. The highest BCUT2D eigenvalue weighted by Gasteiger charge is 1.96. The Bertz CT molecular complexity index is 405. The smallest absolute Gasteiger partial charge is 0.213 e. The van der Waals surface area contributed by atoms with E-state index in [4.69, 9.17) is 16.3 Å². The van der Waals surface area contributed by atoms with Crippen LogP contribution in [0.4, 0.5) is 0 Å². The summed E-state index contributed by atoms with van der Waals surface area (Å²) in [5.74, 6) is 0.639. The number of pyridine rings is 1. The Balaban J connectivity index is 1.97. The summed E-state index contributed by atoms with van der Waals surface area (Å²) in [7, 11) is 0. The average Bonchev–Trinajstić information content (AvgIpc) is 2.30. The third-order valence-corrected chi connectivity index (χ3v) is 2.44. The second-order valence-electron chi connectivity index (χ2n) is 3.59. The van der Waals surface area contributed by atoms with Crippen LogP contribution in [0.25, 0.3) is 0 Å². The Hall–Kier alpha value is -1.54. The van der Waals surface area contributed by atoms with Crippen LogP contribution in [-0.4, -0.2) is 4.98 Å². The minimum atomic E-state index is 0.507. The third-order valence-electron chi connectivity index (χ3n) is 2.18. The molecule has 0 aliphatic heterocycles. The van der Waals surface area contributed by atoms with Gasteiger partial charge in [0.05, 0.1) is 0 Å². The fraction of sp³-hybridized carbons (Fsp3) is 0.154. The molecule has 0 radical (unpaired) electrons. The van der Waals surface area contributed by atoms with E-state index in [1.807, 2.05) is 43.3 Å². The molecule has 2 rings (SSSR count). The highest BCUT2D eigenvalue weighted by molar-refractivity contribution is 6.30. The first-order valence-corrected chi connectivity index (χ1v) is 5.42. The van der Waals surface area contributed by atoms with Gasteiger partial charge < -0.3 is 4.74 Å². The molecule has 1 heterocycles. The number of rotatable bonds is 3. The Morgan fingerprint density at radius 1 is 1.12 bits per heavy atom. The number of halogens is 1. The lowest BCUT2D eigenvalue weighted by molar-refractivity contribution is 0.294. The minimum Gasteiger partial charge on any atom is -0.473 e. The van der Waals surface area contributed by atoms with E-state index >= 15 is 0 Å². The molecule has 82 valence electrons. The zero-order valence-electron chi connectivity index (χ0n) is 8.98. The number of nitrogens with zero attached hydrogens (tertiary/aromatic N) is 1. The van der Waals surface area contributed by atoms with Crippen LogP contribution in [0.1, 0.15) is 11.1 Å². The number of aryl methyl sites for hydroxylation is 1. The summed E-state index contributed by atoms with van der Waals surface area (Å²) in [6, 6.07) is 11.4. The van der Waals surface area contributed by atoms with Gasteiger partial charge in [-0.1, -0.05) is 29.8 Å². The third kappa shape index (κ3) is 2.97. The van der Waals surface area contributed by atoms with Crippen LogP contribution < -0.4 is 4.74 Å². The van der Waals surface area contributed by atoms with Crippen molar-refractivity contribution in [1.29, 1.82) is 0 Å². The van der Waals surface area contributed by atoms with E-state index in [-0.39, 0.29) is 0 Å². The van der Waals surface area contributed by atoms with Gasteiger partial charge in [0.1, 0.15) is 6.61 Å². The van der Waals surface area contributed by atoms with E-state index in [1.165, 1.54) is 0 Å². The summed E-state index contributed by atoms with van der Waals surface area (Å²) < 4.78 is 5.53. The molecule has 3 heteroatoms. The molecule has 0 fully saturated rings. The molecule has 2 aromatic rings. The van der Waals surface area contributed by atoms with Gasteiger partial charge in [-0.3, -0.25) is 0 Å². The van der Waals surface area contributed by atoms with Crippen LogP contribution in [0.5, 0.6) is 5.88 Å². The lowest BCUT2D eigenvalue weighted by Gasteiger charge is -2.05. The molecule has 0 saturated carbocycles. The second-order valence-corrected chi connectivity index (χ2v) is 4.03. The van der Waals surface area contributed by atoms with E-state index in [9.17, 15) is 0 Å². The van der Waals surface area contributed by atoms with Gasteiger partial charge in [0, 0.05) is 17.3 Å². The van der Waals surface area contributed by atoms with E-state index < -0.39 is 0 Å². The van der Waals surface area contributed by atoms with Crippen molar-refractivity contribution in [3.8, 4) is 5.88 Å². The highest BCUT2D eigenvalue weighted by atomic mass is 35.5. The van der Waals surface area contributed by atoms with Crippen molar-refractivity contribution >= 4 is 11.6 Å². The Morgan fingerprint density at radius 2 is 1.88 bits per heavy atom. The summed E-state index contributed by atoms with van der Waals surface area (Å²) in [6.07, 6.45) is 1.79. The van der Waals surface area contributed by atoms with E-state index in [0.29, 0.717) is 12.5 Å². The molecule has 0 N–H and O–H groups in total. The summed E-state index contributed by atoms with van der Waals surface area (Å²) in [5.41, 5.74) is 2.20. The number of ether oxygens (including phenoxy) is 1.